The Morgan fingerprint density at radius 2 is 1.90 bits per heavy atom. The van der Waals surface area contributed by atoms with Crippen LogP contribution in [0.15, 0.2) is 30.3 Å². The number of benzene rings is 1. The number of nitrogen functional groups attached to an aromatic ring is 1. The van der Waals surface area contributed by atoms with Crippen LogP contribution >= 0.6 is 0 Å². The van der Waals surface area contributed by atoms with Gasteiger partial charge in [-0.15, -0.1) is 0 Å². The van der Waals surface area contributed by atoms with Crippen LogP contribution in [0.4, 0.5) is 5.82 Å². The van der Waals surface area contributed by atoms with Crippen molar-refractivity contribution in [1.82, 2.24) is 9.78 Å². The van der Waals surface area contributed by atoms with Crippen LogP contribution in [0.5, 0.6) is 0 Å². The van der Waals surface area contributed by atoms with Gasteiger partial charge in [0.1, 0.15) is 5.82 Å². The molecule has 1 heterocycles. The summed E-state index contributed by atoms with van der Waals surface area (Å²) in [6.45, 7) is 6.55. The van der Waals surface area contributed by atoms with Crippen LogP contribution < -0.4 is 5.73 Å². The Kier molecular flexibility index (Phi) is 4.83. The van der Waals surface area contributed by atoms with Gasteiger partial charge in [0.2, 0.25) is 0 Å². The van der Waals surface area contributed by atoms with Gasteiger partial charge >= 0.3 is 0 Å². The van der Waals surface area contributed by atoms with E-state index < -0.39 is 0 Å². The summed E-state index contributed by atoms with van der Waals surface area (Å²) in [6.07, 6.45) is 4.92. The second-order valence-corrected chi connectivity index (χ2v) is 5.61. The highest BCUT2D eigenvalue weighted by Crippen LogP contribution is 2.27. The van der Waals surface area contributed by atoms with Gasteiger partial charge in [0.15, 0.2) is 0 Å². The molecule has 0 aliphatic heterocycles. The molecular weight excluding hydrogens is 246 g/mol. The van der Waals surface area contributed by atoms with E-state index in [1.165, 1.54) is 30.4 Å². The summed E-state index contributed by atoms with van der Waals surface area (Å²) in [5, 5.41) is 4.48. The van der Waals surface area contributed by atoms with Crippen molar-refractivity contribution in [3.63, 3.8) is 0 Å². The first-order valence-corrected chi connectivity index (χ1v) is 7.54. The molecule has 0 spiro atoms. The lowest BCUT2D eigenvalue weighted by molar-refractivity contribution is 0.444. The summed E-state index contributed by atoms with van der Waals surface area (Å²) in [5.74, 6) is 0.600. The molecule has 0 radical (unpaired) electrons. The average Bonchev–Trinajstić information content (AvgIpc) is 2.82. The molecule has 3 heteroatoms. The fourth-order valence-electron chi connectivity index (χ4n) is 2.50. The average molecular weight is 271 g/mol. The van der Waals surface area contributed by atoms with Crippen LogP contribution in [0.2, 0.25) is 0 Å². The van der Waals surface area contributed by atoms with Crippen molar-refractivity contribution in [2.75, 3.05) is 5.73 Å². The van der Waals surface area contributed by atoms with E-state index in [4.69, 9.17) is 5.73 Å². The number of aromatic nitrogens is 2. The first-order chi connectivity index (χ1) is 9.61. The van der Waals surface area contributed by atoms with Gasteiger partial charge in [0, 0.05) is 12.1 Å². The normalized spacial score (nSPS) is 12.6. The van der Waals surface area contributed by atoms with Crippen molar-refractivity contribution in [1.29, 1.82) is 0 Å². The zero-order valence-corrected chi connectivity index (χ0v) is 12.8. The maximum absolute atomic E-state index is 5.91. The number of hydrogen-bond donors (Lipinski definition) is 1. The number of anilines is 1. The highest BCUT2D eigenvalue weighted by molar-refractivity contribution is 5.63. The zero-order valence-electron chi connectivity index (χ0n) is 12.8. The SMILES string of the molecule is CCCCCC(C)n1nc(N)cc1-c1ccc(C)cc1. The number of nitrogens with zero attached hydrogens (tertiary/aromatic N) is 2. The molecule has 1 unspecified atom stereocenters. The molecule has 0 amide bonds. The minimum atomic E-state index is 0.384. The smallest absolute Gasteiger partial charge is 0.146 e. The molecule has 0 saturated carbocycles. The minimum Gasteiger partial charge on any atom is -0.382 e. The summed E-state index contributed by atoms with van der Waals surface area (Å²) in [7, 11) is 0. The largest absolute Gasteiger partial charge is 0.382 e. The maximum atomic E-state index is 5.91. The first-order valence-electron chi connectivity index (χ1n) is 7.54. The number of aryl methyl sites for hydroxylation is 1. The van der Waals surface area contributed by atoms with Gasteiger partial charge < -0.3 is 5.73 Å². The lowest BCUT2D eigenvalue weighted by Gasteiger charge is -2.15. The third-order valence-electron chi connectivity index (χ3n) is 3.74. The van der Waals surface area contributed by atoms with E-state index in [0.717, 1.165) is 12.1 Å². The lowest BCUT2D eigenvalue weighted by atomic mass is 10.1. The van der Waals surface area contributed by atoms with Crippen molar-refractivity contribution in [3.8, 4) is 11.3 Å². The molecule has 0 aliphatic rings. The third-order valence-corrected chi connectivity index (χ3v) is 3.74. The van der Waals surface area contributed by atoms with Gasteiger partial charge in [-0.1, -0.05) is 56.0 Å². The summed E-state index contributed by atoms with van der Waals surface area (Å²) < 4.78 is 2.08. The van der Waals surface area contributed by atoms with E-state index in [1.54, 1.807) is 0 Å². The first kappa shape index (κ1) is 14.6. The monoisotopic (exact) mass is 271 g/mol. The molecule has 108 valence electrons. The van der Waals surface area contributed by atoms with Crippen LogP contribution in [0.25, 0.3) is 11.3 Å². The van der Waals surface area contributed by atoms with E-state index in [-0.39, 0.29) is 0 Å². The quantitative estimate of drug-likeness (QED) is 0.781. The molecule has 2 rings (SSSR count). The number of rotatable bonds is 6. The predicted octanol–water partition coefficient (Wildman–Crippen LogP) is 4.58. The van der Waals surface area contributed by atoms with Gasteiger partial charge in [-0.25, -0.2) is 0 Å². The highest BCUT2D eigenvalue weighted by atomic mass is 15.3. The molecular formula is C17H25N3. The lowest BCUT2D eigenvalue weighted by Crippen LogP contribution is -2.09. The molecule has 1 aromatic heterocycles. The van der Waals surface area contributed by atoms with Gasteiger partial charge in [-0.2, -0.15) is 5.10 Å². The van der Waals surface area contributed by atoms with E-state index in [2.05, 4.69) is 54.8 Å². The zero-order chi connectivity index (χ0) is 14.5. The fraction of sp³-hybridized carbons (Fsp3) is 0.471. The molecule has 2 N–H and O–H groups in total. The summed E-state index contributed by atoms with van der Waals surface area (Å²) in [5.41, 5.74) is 9.47. The van der Waals surface area contributed by atoms with E-state index in [9.17, 15) is 0 Å². The van der Waals surface area contributed by atoms with Crippen LogP contribution in [-0.2, 0) is 0 Å². The highest BCUT2D eigenvalue weighted by Gasteiger charge is 2.13. The Morgan fingerprint density at radius 3 is 2.55 bits per heavy atom. The molecule has 0 saturated heterocycles. The van der Waals surface area contributed by atoms with Crippen LogP contribution in [0.3, 0.4) is 0 Å². The van der Waals surface area contributed by atoms with E-state index in [1.807, 2.05) is 6.07 Å². The van der Waals surface area contributed by atoms with Crippen LogP contribution in [0, 0.1) is 6.92 Å². The summed E-state index contributed by atoms with van der Waals surface area (Å²) in [6, 6.07) is 10.9. The number of unbranched alkanes of at least 4 members (excludes halogenated alkanes) is 2. The topological polar surface area (TPSA) is 43.8 Å². The third kappa shape index (κ3) is 3.41. The molecule has 20 heavy (non-hydrogen) atoms. The van der Waals surface area contributed by atoms with Gasteiger partial charge in [0.25, 0.3) is 0 Å². The van der Waals surface area contributed by atoms with Crippen molar-refractivity contribution in [2.45, 2.75) is 52.5 Å². The van der Waals surface area contributed by atoms with E-state index in [0.29, 0.717) is 11.9 Å². The Morgan fingerprint density at radius 1 is 1.20 bits per heavy atom. The second kappa shape index (κ2) is 6.60. The van der Waals surface area contributed by atoms with Gasteiger partial charge in [-0.3, -0.25) is 4.68 Å². The van der Waals surface area contributed by atoms with E-state index >= 15 is 0 Å². The van der Waals surface area contributed by atoms with Crippen molar-refractivity contribution in [2.24, 2.45) is 0 Å². The summed E-state index contributed by atoms with van der Waals surface area (Å²) >= 11 is 0. The number of hydrogen-bond acceptors (Lipinski definition) is 2. The van der Waals surface area contributed by atoms with Crippen molar-refractivity contribution >= 4 is 5.82 Å². The Balaban J connectivity index is 2.23. The molecule has 0 fully saturated rings. The molecule has 0 aliphatic carbocycles. The van der Waals surface area contributed by atoms with Crippen LogP contribution in [0.1, 0.15) is 51.1 Å². The van der Waals surface area contributed by atoms with Crippen LogP contribution in [-0.4, -0.2) is 9.78 Å². The van der Waals surface area contributed by atoms with Gasteiger partial charge in [-0.05, 0) is 25.8 Å². The molecule has 2 aromatic rings. The Hall–Kier alpha value is -1.77. The fourth-order valence-corrected chi connectivity index (χ4v) is 2.50. The van der Waals surface area contributed by atoms with Crippen molar-refractivity contribution < 1.29 is 0 Å². The predicted molar refractivity (Wildman–Crippen MR) is 85.7 cm³/mol. The standard InChI is InChI=1S/C17H25N3/c1-4-5-6-7-14(3)20-16(12-17(18)19-20)15-10-8-13(2)9-11-15/h8-12,14H,4-7H2,1-3H3,(H2,18,19). The maximum Gasteiger partial charge on any atom is 0.146 e. The molecule has 0 bridgehead atoms. The minimum absolute atomic E-state index is 0.384. The number of nitrogens with two attached hydrogens (primary N) is 1. The molecule has 1 atom stereocenters. The van der Waals surface area contributed by atoms with Gasteiger partial charge in [0.05, 0.1) is 5.69 Å². The molecule has 3 nitrogen and oxygen atoms in total. The summed E-state index contributed by atoms with van der Waals surface area (Å²) in [4.78, 5) is 0. The Bertz CT molecular complexity index is 540. The molecule has 1 aromatic carbocycles. The second-order valence-electron chi connectivity index (χ2n) is 5.61. The Labute approximate surface area is 121 Å². The van der Waals surface area contributed by atoms with Crippen molar-refractivity contribution in [3.05, 3.63) is 35.9 Å².